The number of nitrogens with zero attached hydrogens (tertiary/aromatic N) is 2. The van der Waals surface area contributed by atoms with Crippen molar-refractivity contribution < 1.29 is 9.59 Å². The number of hydrogen-bond acceptors (Lipinski definition) is 5. The first-order chi connectivity index (χ1) is 14.3. The van der Waals surface area contributed by atoms with E-state index in [2.05, 4.69) is 39.3 Å². The molecule has 8 nitrogen and oxygen atoms in total. The van der Waals surface area contributed by atoms with Crippen LogP contribution in [0.15, 0.2) is 29.1 Å². The molecule has 0 aliphatic carbocycles. The maximum Gasteiger partial charge on any atom is 0.258 e. The normalized spacial score (nSPS) is 23.5. The van der Waals surface area contributed by atoms with Crippen molar-refractivity contribution in [2.24, 2.45) is 0 Å². The van der Waals surface area contributed by atoms with Crippen LogP contribution in [0, 0.1) is 0 Å². The highest BCUT2D eigenvalue weighted by molar-refractivity contribution is 6.30. The monoisotopic (exact) mass is 429 g/mol. The highest BCUT2D eigenvalue weighted by atomic mass is 35.5. The molecule has 0 saturated carbocycles. The van der Waals surface area contributed by atoms with Crippen molar-refractivity contribution in [2.45, 2.75) is 57.5 Å². The van der Waals surface area contributed by atoms with E-state index in [9.17, 15) is 14.4 Å². The summed E-state index contributed by atoms with van der Waals surface area (Å²) in [7, 11) is 0. The average molecular weight is 430 g/mol. The van der Waals surface area contributed by atoms with Gasteiger partial charge < -0.3 is 15.5 Å². The van der Waals surface area contributed by atoms with Crippen molar-refractivity contribution in [1.29, 1.82) is 0 Å². The lowest BCUT2D eigenvalue weighted by atomic mass is 9.92. The molecule has 3 heterocycles. The minimum Gasteiger partial charge on any atom is -0.337 e. The molecule has 3 atom stereocenters. The van der Waals surface area contributed by atoms with Crippen LogP contribution in [-0.4, -0.2) is 33.9 Å². The van der Waals surface area contributed by atoms with E-state index in [1.54, 1.807) is 24.3 Å². The Morgan fingerprint density at radius 2 is 1.97 bits per heavy atom. The molecule has 30 heavy (non-hydrogen) atoms. The van der Waals surface area contributed by atoms with E-state index in [1.165, 1.54) is 0 Å². The quantitative estimate of drug-likeness (QED) is 0.694. The largest absolute Gasteiger partial charge is 0.337 e. The summed E-state index contributed by atoms with van der Waals surface area (Å²) in [5, 5.41) is 5.88. The summed E-state index contributed by atoms with van der Waals surface area (Å²) in [5.74, 6) is -1.16. The minimum atomic E-state index is -0.936. The van der Waals surface area contributed by atoms with Crippen molar-refractivity contribution in [3.05, 3.63) is 45.2 Å². The van der Waals surface area contributed by atoms with Crippen LogP contribution in [0.2, 0.25) is 5.02 Å². The number of H-pyrrole nitrogens is 1. The summed E-state index contributed by atoms with van der Waals surface area (Å²) in [6.45, 7) is 4.18. The summed E-state index contributed by atoms with van der Waals surface area (Å²) in [4.78, 5) is 47.7. The fourth-order valence-corrected chi connectivity index (χ4v) is 4.53. The van der Waals surface area contributed by atoms with E-state index in [4.69, 9.17) is 11.6 Å². The highest BCUT2D eigenvalue weighted by Crippen LogP contribution is 2.32. The van der Waals surface area contributed by atoms with E-state index in [0.717, 1.165) is 19.3 Å². The van der Waals surface area contributed by atoms with Crippen molar-refractivity contribution in [3.63, 3.8) is 0 Å². The molecule has 158 valence electrons. The van der Waals surface area contributed by atoms with Gasteiger partial charge in [-0.25, -0.2) is 0 Å². The number of aromatic amines is 1. The maximum absolute atomic E-state index is 13.0. The van der Waals surface area contributed by atoms with Crippen LogP contribution in [0.25, 0.3) is 0 Å². The van der Waals surface area contributed by atoms with Crippen LogP contribution >= 0.6 is 11.6 Å². The SMILES string of the molecule is C[C@H]1CCC[C@H](C)N1c1nc2c(c(=O)[nH]1)[C@@H](C(=O)Nc1cccc(Cl)c1)CC(=O)N2. The summed E-state index contributed by atoms with van der Waals surface area (Å²) < 4.78 is 0. The van der Waals surface area contributed by atoms with Crippen LogP contribution < -0.4 is 21.1 Å². The van der Waals surface area contributed by atoms with Gasteiger partial charge in [0.15, 0.2) is 0 Å². The second kappa shape index (κ2) is 8.10. The fourth-order valence-electron chi connectivity index (χ4n) is 4.34. The topological polar surface area (TPSA) is 107 Å². The second-order valence-electron chi connectivity index (χ2n) is 7.99. The van der Waals surface area contributed by atoms with Crippen LogP contribution in [-0.2, 0) is 9.59 Å². The van der Waals surface area contributed by atoms with Crippen molar-refractivity contribution in [1.82, 2.24) is 9.97 Å². The molecular formula is C21H24ClN5O3. The zero-order chi connectivity index (χ0) is 21.4. The number of rotatable bonds is 3. The number of benzene rings is 1. The second-order valence-corrected chi connectivity index (χ2v) is 8.43. The predicted molar refractivity (Wildman–Crippen MR) is 116 cm³/mol. The number of anilines is 3. The zero-order valence-corrected chi connectivity index (χ0v) is 17.6. The number of piperidine rings is 1. The van der Waals surface area contributed by atoms with Gasteiger partial charge in [0.25, 0.3) is 5.56 Å². The van der Waals surface area contributed by atoms with E-state index in [-0.39, 0.29) is 35.8 Å². The van der Waals surface area contributed by atoms with Gasteiger partial charge in [0, 0.05) is 29.2 Å². The summed E-state index contributed by atoms with van der Waals surface area (Å²) in [5.41, 5.74) is 0.262. The molecule has 2 aliphatic rings. The van der Waals surface area contributed by atoms with Crippen molar-refractivity contribution >= 4 is 40.9 Å². The van der Waals surface area contributed by atoms with Gasteiger partial charge in [0.2, 0.25) is 17.8 Å². The summed E-state index contributed by atoms with van der Waals surface area (Å²) in [6.07, 6.45) is 3.00. The summed E-state index contributed by atoms with van der Waals surface area (Å²) in [6, 6.07) is 7.14. The maximum atomic E-state index is 13.0. The molecule has 4 rings (SSSR count). The molecule has 2 aliphatic heterocycles. The Labute approximate surface area is 179 Å². The first kappa shape index (κ1) is 20.4. The Morgan fingerprint density at radius 1 is 1.23 bits per heavy atom. The van der Waals surface area contributed by atoms with Gasteiger partial charge in [0.05, 0.1) is 11.5 Å². The number of fused-ring (bicyclic) bond motifs is 1. The molecule has 1 saturated heterocycles. The Balaban J connectivity index is 1.68. The molecule has 0 radical (unpaired) electrons. The van der Waals surface area contributed by atoms with Crippen LogP contribution in [0.3, 0.4) is 0 Å². The van der Waals surface area contributed by atoms with Gasteiger partial charge >= 0.3 is 0 Å². The first-order valence-electron chi connectivity index (χ1n) is 10.1. The lowest BCUT2D eigenvalue weighted by molar-refractivity contribution is -0.123. The molecule has 1 fully saturated rings. The molecule has 1 aromatic heterocycles. The number of hydrogen-bond donors (Lipinski definition) is 3. The molecule has 1 aromatic carbocycles. The van der Waals surface area contributed by atoms with E-state index in [0.29, 0.717) is 16.7 Å². The van der Waals surface area contributed by atoms with Crippen LogP contribution in [0.4, 0.5) is 17.5 Å². The van der Waals surface area contributed by atoms with Gasteiger partial charge in [-0.3, -0.25) is 19.4 Å². The standard InChI is InChI=1S/C21H24ClN5O3/c1-11-5-3-6-12(2)27(11)21-25-18-17(20(30)26-21)15(10-16(28)24-18)19(29)23-14-8-4-7-13(22)9-14/h4,7-9,11-12,15H,3,5-6,10H2,1-2H3,(H,23,29)(H2,24,25,26,28,30)/t11-,12-,15-/m0/s1. The lowest BCUT2D eigenvalue weighted by Crippen LogP contribution is -2.46. The Bertz CT molecular complexity index is 1040. The molecule has 2 aromatic rings. The Kier molecular flexibility index (Phi) is 5.51. The molecule has 3 N–H and O–H groups in total. The van der Waals surface area contributed by atoms with Crippen molar-refractivity contribution in [2.75, 3.05) is 15.5 Å². The van der Waals surface area contributed by atoms with E-state index >= 15 is 0 Å². The van der Waals surface area contributed by atoms with Gasteiger partial charge in [-0.05, 0) is 51.3 Å². The van der Waals surface area contributed by atoms with Crippen LogP contribution in [0.5, 0.6) is 0 Å². The third-order valence-corrected chi connectivity index (χ3v) is 6.02. The molecule has 9 heteroatoms. The third-order valence-electron chi connectivity index (χ3n) is 5.79. The van der Waals surface area contributed by atoms with Gasteiger partial charge in [-0.15, -0.1) is 0 Å². The Hall–Kier alpha value is -2.87. The number of carbonyl (C=O) groups excluding carboxylic acids is 2. The highest BCUT2D eigenvalue weighted by Gasteiger charge is 2.36. The van der Waals surface area contributed by atoms with E-state index in [1.807, 2.05) is 0 Å². The van der Waals surface area contributed by atoms with E-state index < -0.39 is 17.4 Å². The molecule has 0 spiro atoms. The van der Waals surface area contributed by atoms with Crippen LogP contribution in [0.1, 0.15) is 51.0 Å². The molecule has 2 amide bonds. The van der Waals surface area contributed by atoms with Gasteiger partial charge in [0.1, 0.15) is 5.82 Å². The summed E-state index contributed by atoms with van der Waals surface area (Å²) >= 11 is 5.97. The first-order valence-corrected chi connectivity index (χ1v) is 10.5. The van der Waals surface area contributed by atoms with Gasteiger partial charge in [-0.2, -0.15) is 4.98 Å². The predicted octanol–water partition coefficient (Wildman–Crippen LogP) is 3.26. The third kappa shape index (κ3) is 3.92. The Morgan fingerprint density at radius 3 is 2.67 bits per heavy atom. The lowest BCUT2D eigenvalue weighted by Gasteiger charge is -2.39. The fraction of sp³-hybridized carbons (Fsp3) is 0.429. The average Bonchev–Trinajstić information content (AvgIpc) is 2.67. The number of aromatic nitrogens is 2. The number of nitrogens with one attached hydrogen (secondary N) is 3. The molecule has 0 unspecified atom stereocenters. The smallest absolute Gasteiger partial charge is 0.258 e. The number of halogens is 1. The number of amides is 2. The molecular weight excluding hydrogens is 406 g/mol. The minimum absolute atomic E-state index is 0.125. The zero-order valence-electron chi connectivity index (χ0n) is 16.9. The number of carbonyl (C=O) groups is 2. The van der Waals surface area contributed by atoms with Gasteiger partial charge in [-0.1, -0.05) is 17.7 Å². The van der Waals surface area contributed by atoms with Crippen molar-refractivity contribution in [3.8, 4) is 0 Å². The molecule has 0 bridgehead atoms.